The third kappa shape index (κ3) is 11.3. The number of hydrogen-bond acceptors (Lipinski definition) is 5. The van der Waals surface area contributed by atoms with Crippen LogP contribution in [0.15, 0.2) is 36.4 Å². The molecule has 0 spiro atoms. The SMILES string of the molecule is CCCN(CCC)C(=O)c1cc(C)cc(C(=O)N[C@@H](Cc2cc(F)cc(F)c2)[C@H](O)CCNC(=O)CCC2CCCNC2)c1. The summed E-state index contributed by atoms with van der Waals surface area (Å²) in [6, 6.07) is 7.11. The fourth-order valence-corrected chi connectivity index (χ4v) is 5.75. The van der Waals surface area contributed by atoms with E-state index in [1.807, 2.05) is 13.8 Å². The maximum Gasteiger partial charge on any atom is 0.253 e. The van der Waals surface area contributed by atoms with Crippen LogP contribution in [0.3, 0.4) is 0 Å². The fourth-order valence-electron chi connectivity index (χ4n) is 5.75. The number of carbonyl (C=O) groups excluding carboxylic acids is 3. The van der Waals surface area contributed by atoms with Crippen LogP contribution in [0.25, 0.3) is 0 Å². The number of amides is 3. The number of aliphatic hydroxyl groups excluding tert-OH is 1. The standard InChI is InChI=1S/C34H48F2N4O4/c1-4-13-40(14-5-2)34(44)27-16-23(3)15-26(20-27)33(43)39-30(19-25-17-28(35)21-29(36)18-25)31(41)10-12-38-32(42)9-8-24-7-6-11-37-22-24/h15-18,20-21,24,30-31,37,41H,4-14,19,22H2,1-3H3,(H,38,42)(H,39,43)/t24?,30-,31+/m0/s1. The van der Waals surface area contributed by atoms with Gasteiger partial charge in [-0.2, -0.15) is 0 Å². The van der Waals surface area contributed by atoms with Crippen LogP contribution in [0.1, 0.15) is 90.6 Å². The summed E-state index contributed by atoms with van der Waals surface area (Å²) in [7, 11) is 0. The molecule has 2 aromatic carbocycles. The van der Waals surface area contributed by atoms with E-state index in [0.29, 0.717) is 31.0 Å². The first-order valence-electron chi connectivity index (χ1n) is 15.9. The Morgan fingerprint density at radius 1 is 1.02 bits per heavy atom. The molecule has 4 N–H and O–H groups in total. The zero-order valence-corrected chi connectivity index (χ0v) is 26.3. The van der Waals surface area contributed by atoms with Gasteiger partial charge in [-0.1, -0.05) is 13.8 Å². The summed E-state index contributed by atoms with van der Waals surface area (Å²) < 4.78 is 27.9. The van der Waals surface area contributed by atoms with Gasteiger partial charge in [0, 0.05) is 43.2 Å². The Labute approximate surface area is 260 Å². The van der Waals surface area contributed by atoms with Gasteiger partial charge >= 0.3 is 0 Å². The predicted molar refractivity (Wildman–Crippen MR) is 167 cm³/mol. The molecule has 0 saturated carbocycles. The number of nitrogens with zero attached hydrogens (tertiary/aromatic N) is 1. The molecule has 242 valence electrons. The van der Waals surface area contributed by atoms with Crippen LogP contribution in [0.2, 0.25) is 0 Å². The zero-order chi connectivity index (χ0) is 32.1. The van der Waals surface area contributed by atoms with Gasteiger partial charge in [-0.3, -0.25) is 14.4 Å². The van der Waals surface area contributed by atoms with E-state index < -0.39 is 29.7 Å². The first-order valence-corrected chi connectivity index (χ1v) is 15.9. The lowest BCUT2D eigenvalue weighted by Crippen LogP contribution is -2.46. The van der Waals surface area contributed by atoms with Crippen LogP contribution in [-0.2, 0) is 11.2 Å². The number of nitrogens with one attached hydrogen (secondary N) is 3. The lowest BCUT2D eigenvalue weighted by molar-refractivity contribution is -0.121. The van der Waals surface area contributed by atoms with Crippen molar-refractivity contribution in [3.63, 3.8) is 0 Å². The number of rotatable bonds is 16. The minimum absolute atomic E-state index is 0.0391. The number of hydrogen-bond donors (Lipinski definition) is 4. The molecule has 3 atom stereocenters. The Balaban J connectivity index is 1.70. The summed E-state index contributed by atoms with van der Waals surface area (Å²) in [4.78, 5) is 40.9. The van der Waals surface area contributed by atoms with E-state index in [4.69, 9.17) is 0 Å². The van der Waals surface area contributed by atoms with Crippen molar-refractivity contribution in [2.45, 2.75) is 84.3 Å². The van der Waals surface area contributed by atoms with Crippen molar-refractivity contribution in [3.8, 4) is 0 Å². The summed E-state index contributed by atoms with van der Waals surface area (Å²) in [5.74, 6) is -1.82. The smallest absolute Gasteiger partial charge is 0.253 e. The highest BCUT2D eigenvalue weighted by molar-refractivity contribution is 6.00. The van der Waals surface area contributed by atoms with E-state index in [1.165, 1.54) is 6.07 Å². The molecule has 1 heterocycles. The van der Waals surface area contributed by atoms with Crippen molar-refractivity contribution in [3.05, 3.63) is 70.3 Å². The van der Waals surface area contributed by atoms with Gasteiger partial charge in [0.25, 0.3) is 11.8 Å². The molecule has 3 rings (SSSR count). The minimum atomic E-state index is -1.12. The highest BCUT2D eigenvalue weighted by Crippen LogP contribution is 2.18. The van der Waals surface area contributed by atoms with Gasteiger partial charge < -0.3 is 26.0 Å². The van der Waals surface area contributed by atoms with Gasteiger partial charge in [0.05, 0.1) is 12.1 Å². The summed E-state index contributed by atoms with van der Waals surface area (Å²) in [6.07, 6.45) is 3.98. The average molecular weight is 615 g/mol. The molecule has 0 radical (unpaired) electrons. The van der Waals surface area contributed by atoms with Crippen LogP contribution in [0.4, 0.5) is 8.78 Å². The van der Waals surface area contributed by atoms with Crippen LogP contribution in [0.5, 0.6) is 0 Å². The Hall–Kier alpha value is -3.37. The average Bonchev–Trinajstić information content (AvgIpc) is 2.99. The van der Waals surface area contributed by atoms with Crippen molar-refractivity contribution in [1.82, 2.24) is 20.9 Å². The van der Waals surface area contributed by atoms with Gasteiger partial charge in [0.2, 0.25) is 5.91 Å². The molecule has 1 fully saturated rings. The molecule has 0 bridgehead atoms. The highest BCUT2D eigenvalue weighted by Gasteiger charge is 2.25. The zero-order valence-electron chi connectivity index (χ0n) is 26.3. The molecule has 1 aliphatic heterocycles. The Morgan fingerprint density at radius 2 is 1.70 bits per heavy atom. The number of aryl methyl sites for hydroxylation is 1. The second kappa shape index (κ2) is 17.8. The molecule has 0 aliphatic carbocycles. The van der Waals surface area contributed by atoms with E-state index in [0.717, 1.165) is 69.0 Å². The molecular weight excluding hydrogens is 566 g/mol. The summed E-state index contributed by atoms with van der Waals surface area (Å²) in [6.45, 7) is 9.13. The molecule has 3 amide bonds. The molecule has 1 unspecified atom stereocenters. The lowest BCUT2D eigenvalue weighted by atomic mass is 9.94. The fraction of sp³-hybridized carbons (Fsp3) is 0.559. The molecule has 2 aromatic rings. The van der Waals surface area contributed by atoms with Gasteiger partial charge in [0.15, 0.2) is 0 Å². The van der Waals surface area contributed by atoms with Crippen molar-refractivity contribution in [2.75, 3.05) is 32.7 Å². The summed E-state index contributed by atoms with van der Waals surface area (Å²) in [5.41, 5.74) is 1.64. The minimum Gasteiger partial charge on any atom is -0.391 e. The molecule has 1 saturated heterocycles. The van der Waals surface area contributed by atoms with Crippen LogP contribution in [0, 0.1) is 24.5 Å². The van der Waals surface area contributed by atoms with Crippen molar-refractivity contribution in [1.29, 1.82) is 0 Å². The third-order valence-corrected chi connectivity index (χ3v) is 7.96. The van der Waals surface area contributed by atoms with E-state index in [2.05, 4.69) is 16.0 Å². The number of halogens is 2. The highest BCUT2D eigenvalue weighted by atomic mass is 19.1. The number of benzene rings is 2. The normalized spacial score (nSPS) is 16.2. The second-order valence-corrected chi connectivity index (χ2v) is 11.9. The molecule has 8 nitrogen and oxygen atoms in total. The Bertz CT molecular complexity index is 1230. The predicted octanol–water partition coefficient (Wildman–Crippen LogP) is 4.52. The monoisotopic (exact) mass is 614 g/mol. The molecular formula is C34H48F2N4O4. The number of aliphatic hydroxyl groups is 1. The van der Waals surface area contributed by atoms with Crippen molar-refractivity contribution in [2.24, 2.45) is 5.92 Å². The number of carbonyl (C=O) groups is 3. The molecule has 1 aliphatic rings. The largest absolute Gasteiger partial charge is 0.391 e. The topological polar surface area (TPSA) is 111 Å². The van der Waals surface area contributed by atoms with E-state index in [-0.39, 0.29) is 42.3 Å². The summed E-state index contributed by atoms with van der Waals surface area (Å²) >= 11 is 0. The van der Waals surface area contributed by atoms with Gasteiger partial charge in [-0.05, 0) is 112 Å². The lowest BCUT2D eigenvalue weighted by Gasteiger charge is -2.25. The summed E-state index contributed by atoms with van der Waals surface area (Å²) in [5, 5.41) is 20.1. The Morgan fingerprint density at radius 3 is 2.34 bits per heavy atom. The third-order valence-electron chi connectivity index (χ3n) is 7.96. The van der Waals surface area contributed by atoms with E-state index in [1.54, 1.807) is 24.0 Å². The van der Waals surface area contributed by atoms with Crippen molar-refractivity contribution < 1.29 is 28.3 Å². The van der Waals surface area contributed by atoms with Crippen molar-refractivity contribution >= 4 is 17.7 Å². The molecule has 44 heavy (non-hydrogen) atoms. The maximum absolute atomic E-state index is 14.0. The first kappa shape index (κ1) is 35.1. The maximum atomic E-state index is 14.0. The quantitative estimate of drug-likeness (QED) is 0.222. The van der Waals surface area contributed by atoms with Gasteiger partial charge in [-0.25, -0.2) is 8.78 Å². The first-order chi connectivity index (χ1) is 21.1. The molecule has 0 aromatic heterocycles. The second-order valence-electron chi connectivity index (χ2n) is 11.9. The van der Waals surface area contributed by atoms with Gasteiger partial charge in [-0.15, -0.1) is 0 Å². The van der Waals surface area contributed by atoms with Crippen LogP contribution < -0.4 is 16.0 Å². The van der Waals surface area contributed by atoms with Gasteiger partial charge in [0.1, 0.15) is 11.6 Å². The Kier molecular flexibility index (Phi) is 14.2. The van der Waals surface area contributed by atoms with Crippen LogP contribution in [-0.4, -0.2) is 72.6 Å². The van der Waals surface area contributed by atoms with Crippen LogP contribution >= 0.6 is 0 Å². The van der Waals surface area contributed by atoms with E-state index in [9.17, 15) is 28.3 Å². The number of piperidine rings is 1. The van der Waals surface area contributed by atoms with E-state index >= 15 is 0 Å². The molecule has 10 heteroatoms.